The SMILES string of the molecule is COc1ccc2cc1OCCCN(C(=O)c1ccc3c(c1)CCO3)CC(=O)N[C@H]1CN(C(=O)CCCn3cncn3)C[C@H]21. The van der Waals surface area contributed by atoms with Crippen LogP contribution in [0, 0.1) is 0 Å². The minimum Gasteiger partial charge on any atom is -0.493 e. The minimum atomic E-state index is -0.331. The summed E-state index contributed by atoms with van der Waals surface area (Å²) in [6.45, 7) is 2.62. The predicted octanol–water partition coefficient (Wildman–Crippen LogP) is 2.04. The molecule has 1 N–H and O–H groups in total. The van der Waals surface area contributed by atoms with Crippen LogP contribution in [0.15, 0.2) is 49.1 Å². The van der Waals surface area contributed by atoms with Crippen LogP contribution in [0.5, 0.6) is 17.2 Å². The number of benzene rings is 2. The van der Waals surface area contributed by atoms with E-state index in [1.807, 2.05) is 35.2 Å². The first-order valence-electron chi connectivity index (χ1n) is 14.7. The average molecular weight is 589 g/mol. The quantitative estimate of drug-likeness (QED) is 0.464. The van der Waals surface area contributed by atoms with Crippen LogP contribution >= 0.6 is 0 Å². The summed E-state index contributed by atoms with van der Waals surface area (Å²) in [6.07, 6.45) is 5.38. The molecule has 2 atom stereocenters. The number of nitrogens with zero attached hydrogens (tertiary/aromatic N) is 5. The molecule has 12 heteroatoms. The zero-order valence-electron chi connectivity index (χ0n) is 24.2. The highest BCUT2D eigenvalue weighted by Crippen LogP contribution is 2.35. The van der Waals surface area contributed by atoms with Gasteiger partial charge in [0.25, 0.3) is 5.91 Å². The highest BCUT2D eigenvalue weighted by molar-refractivity contribution is 5.97. The summed E-state index contributed by atoms with van der Waals surface area (Å²) in [4.78, 5) is 47.6. The van der Waals surface area contributed by atoms with Crippen LogP contribution in [0.2, 0.25) is 0 Å². The molecule has 1 saturated heterocycles. The van der Waals surface area contributed by atoms with Crippen LogP contribution in [0.3, 0.4) is 0 Å². The molecular weight excluding hydrogens is 552 g/mol. The number of methoxy groups -OCH3 is 1. The van der Waals surface area contributed by atoms with E-state index < -0.39 is 0 Å². The molecular formula is C31H36N6O6. The molecule has 0 aliphatic carbocycles. The van der Waals surface area contributed by atoms with Crippen molar-refractivity contribution in [2.45, 2.75) is 44.2 Å². The Morgan fingerprint density at radius 3 is 2.79 bits per heavy atom. The Balaban J connectivity index is 1.21. The molecule has 1 fully saturated rings. The van der Waals surface area contributed by atoms with Gasteiger partial charge in [0, 0.05) is 50.5 Å². The number of carbonyl (C=O) groups is 3. The molecule has 12 nitrogen and oxygen atoms in total. The Morgan fingerprint density at radius 1 is 1.07 bits per heavy atom. The number of carbonyl (C=O) groups excluding carboxylic acids is 3. The number of aromatic nitrogens is 3. The van der Waals surface area contributed by atoms with Crippen molar-refractivity contribution in [2.75, 3.05) is 46.5 Å². The fourth-order valence-corrected chi connectivity index (χ4v) is 6.04. The third-order valence-electron chi connectivity index (χ3n) is 8.27. The number of nitrogens with one attached hydrogen (secondary N) is 1. The maximum Gasteiger partial charge on any atom is 0.254 e. The second-order valence-corrected chi connectivity index (χ2v) is 11.1. The second-order valence-electron chi connectivity index (χ2n) is 11.1. The lowest BCUT2D eigenvalue weighted by molar-refractivity contribution is -0.130. The number of likely N-dealkylation sites (tertiary alicyclic amines) is 1. The Hall–Kier alpha value is -4.61. The molecule has 3 aliphatic rings. The van der Waals surface area contributed by atoms with Gasteiger partial charge in [-0.2, -0.15) is 5.10 Å². The molecule has 226 valence electrons. The normalized spacial score (nSPS) is 20.0. The monoisotopic (exact) mass is 588 g/mol. The van der Waals surface area contributed by atoms with E-state index in [0.29, 0.717) is 75.7 Å². The molecule has 6 rings (SSSR count). The zero-order chi connectivity index (χ0) is 29.8. The largest absolute Gasteiger partial charge is 0.493 e. The van der Waals surface area contributed by atoms with Crippen molar-refractivity contribution in [3.8, 4) is 17.2 Å². The second kappa shape index (κ2) is 12.7. The molecule has 3 aromatic rings. The van der Waals surface area contributed by atoms with E-state index in [4.69, 9.17) is 14.2 Å². The molecule has 0 saturated carbocycles. The lowest BCUT2D eigenvalue weighted by atomic mass is 9.94. The van der Waals surface area contributed by atoms with Crippen molar-refractivity contribution >= 4 is 17.7 Å². The van der Waals surface area contributed by atoms with Crippen molar-refractivity contribution in [3.05, 3.63) is 65.7 Å². The van der Waals surface area contributed by atoms with Gasteiger partial charge in [-0.3, -0.25) is 19.1 Å². The van der Waals surface area contributed by atoms with Crippen LogP contribution in [0.1, 0.15) is 46.7 Å². The van der Waals surface area contributed by atoms with Crippen LogP contribution in [-0.4, -0.2) is 94.8 Å². The summed E-state index contributed by atoms with van der Waals surface area (Å²) in [7, 11) is 1.59. The first-order valence-corrected chi connectivity index (χ1v) is 14.7. The van der Waals surface area contributed by atoms with Crippen LogP contribution in [-0.2, 0) is 22.6 Å². The van der Waals surface area contributed by atoms with Gasteiger partial charge in [0.1, 0.15) is 18.4 Å². The van der Waals surface area contributed by atoms with Crippen LogP contribution in [0.4, 0.5) is 0 Å². The Bertz CT molecular complexity index is 1480. The van der Waals surface area contributed by atoms with Crippen LogP contribution < -0.4 is 19.5 Å². The zero-order valence-corrected chi connectivity index (χ0v) is 24.2. The predicted molar refractivity (Wildman–Crippen MR) is 155 cm³/mol. The molecule has 1 aromatic heterocycles. The molecule has 3 amide bonds. The van der Waals surface area contributed by atoms with E-state index >= 15 is 0 Å². The van der Waals surface area contributed by atoms with Crippen LogP contribution in [0.25, 0.3) is 0 Å². The molecule has 2 aromatic carbocycles. The van der Waals surface area contributed by atoms with E-state index in [9.17, 15) is 14.4 Å². The van der Waals surface area contributed by atoms with Gasteiger partial charge in [-0.05, 0) is 54.3 Å². The summed E-state index contributed by atoms with van der Waals surface area (Å²) in [5.41, 5.74) is 2.47. The highest BCUT2D eigenvalue weighted by atomic mass is 16.5. The van der Waals surface area contributed by atoms with Gasteiger partial charge in [-0.1, -0.05) is 6.07 Å². The third-order valence-corrected chi connectivity index (χ3v) is 8.27. The van der Waals surface area contributed by atoms with Gasteiger partial charge >= 0.3 is 0 Å². The Morgan fingerprint density at radius 2 is 1.95 bits per heavy atom. The topological polar surface area (TPSA) is 128 Å². The van der Waals surface area contributed by atoms with Crippen molar-refractivity contribution in [3.63, 3.8) is 0 Å². The number of amides is 3. The van der Waals surface area contributed by atoms with Gasteiger partial charge in [0.15, 0.2) is 11.5 Å². The standard InChI is InChI=1S/C31H36N6O6/c1-41-27-8-5-21-15-28(27)42-12-3-10-35(31(40)23-6-7-26-22(14-23)9-13-43-26)18-29(38)34-25-17-36(16-24(21)25)30(39)4-2-11-37-20-32-19-33-37/h5-8,14-15,19-20,24-25H,2-4,9-13,16-18H2,1H3,(H,34,38)/t24-,25+/m1/s1. The number of fused-ring (bicyclic) bond motifs is 5. The minimum absolute atomic E-state index is 0.0189. The fraction of sp³-hybridized carbons (Fsp3) is 0.452. The smallest absolute Gasteiger partial charge is 0.254 e. The van der Waals surface area contributed by atoms with E-state index in [1.165, 1.54) is 6.33 Å². The third kappa shape index (κ3) is 6.42. The van der Waals surface area contributed by atoms with Gasteiger partial charge < -0.3 is 29.3 Å². The average Bonchev–Trinajstić information content (AvgIpc) is 3.79. The van der Waals surface area contributed by atoms with Gasteiger partial charge in [-0.15, -0.1) is 0 Å². The van der Waals surface area contributed by atoms with E-state index in [1.54, 1.807) is 29.1 Å². The summed E-state index contributed by atoms with van der Waals surface area (Å²) >= 11 is 0. The Labute approximate surface area is 249 Å². The van der Waals surface area contributed by atoms with Gasteiger partial charge in [0.05, 0.1) is 32.9 Å². The maximum atomic E-state index is 13.6. The van der Waals surface area contributed by atoms with E-state index in [2.05, 4.69) is 15.4 Å². The summed E-state index contributed by atoms with van der Waals surface area (Å²) < 4.78 is 19.0. The number of hydrogen-bond acceptors (Lipinski definition) is 8. The molecule has 0 radical (unpaired) electrons. The van der Waals surface area contributed by atoms with Crippen molar-refractivity contribution in [1.29, 1.82) is 0 Å². The Kier molecular flexibility index (Phi) is 8.43. The summed E-state index contributed by atoms with van der Waals surface area (Å²) in [6, 6.07) is 10.9. The fourth-order valence-electron chi connectivity index (χ4n) is 6.04. The van der Waals surface area contributed by atoms with Crippen molar-refractivity contribution < 1.29 is 28.6 Å². The molecule has 3 aliphatic heterocycles. The summed E-state index contributed by atoms with van der Waals surface area (Å²) in [5.74, 6) is 1.38. The molecule has 0 unspecified atom stereocenters. The molecule has 4 heterocycles. The van der Waals surface area contributed by atoms with E-state index in [0.717, 1.165) is 23.3 Å². The van der Waals surface area contributed by atoms with E-state index in [-0.39, 0.29) is 36.2 Å². The number of hydrogen-bond donors (Lipinski definition) is 1. The maximum absolute atomic E-state index is 13.6. The summed E-state index contributed by atoms with van der Waals surface area (Å²) in [5, 5.41) is 7.25. The number of rotatable bonds is 6. The molecule has 0 spiro atoms. The lowest BCUT2D eigenvalue weighted by Crippen LogP contribution is -2.47. The highest BCUT2D eigenvalue weighted by Gasteiger charge is 2.38. The van der Waals surface area contributed by atoms with Gasteiger partial charge in [0.2, 0.25) is 11.8 Å². The first-order chi connectivity index (χ1) is 21.0. The number of ether oxygens (including phenoxy) is 3. The molecule has 2 bridgehead atoms. The number of aryl methyl sites for hydroxylation is 1. The molecule has 43 heavy (non-hydrogen) atoms. The first kappa shape index (κ1) is 28.5. The lowest BCUT2D eigenvalue weighted by Gasteiger charge is -2.25. The van der Waals surface area contributed by atoms with Crippen molar-refractivity contribution in [1.82, 2.24) is 29.9 Å². The van der Waals surface area contributed by atoms with Gasteiger partial charge in [-0.25, -0.2) is 4.98 Å². The van der Waals surface area contributed by atoms with Crippen molar-refractivity contribution in [2.24, 2.45) is 0 Å².